The lowest BCUT2D eigenvalue weighted by Crippen LogP contribution is -2.42. The first-order chi connectivity index (χ1) is 14.9. The van der Waals surface area contributed by atoms with Crippen LogP contribution < -0.4 is 4.72 Å². The van der Waals surface area contributed by atoms with Gasteiger partial charge in [0, 0.05) is 12.3 Å². The fraction of sp³-hybridized carbons (Fsp3) is 0.500. The summed E-state index contributed by atoms with van der Waals surface area (Å²) in [5.74, 6) is 0.0780. The zero-order chi connectivity index (χ0) is 22.3. The van der Waals surface area contributed by atoms with Gasteiger partial charge in [0.2, 0.25) is 10.0 Å². The lowest BCUT2D eigenvalue weighted by Gasteiger charge is -2.36. The first-order valence-electron chi connectivity index (χ1n) is 11.6. The van der Waals surface area contributed by atoms with Crippen LogP contribution in [0.4, 0.5) is 0 Å². The number of benzene rings is 2. The topological polar surface area (TPSA) is 63.2 Å². The van der Waals surface area contributed by atoms with Gasteiger partial charge in [-0.25, -0.2) is 13.1 Å². The minimum Gasteiger partial charge on any atom is -0.299 e. The quantitative estimate of drug-likeness (QED) is 0.462. The van der Waals surface area contributed by atoms with E-state index in [9.17, 15) is 13.2 Å². The van der Waals surface area contributed by atoms with Crippen LogP contribution in [0.25, 0.3) is 0 Å². The highest BCUT2D eigenvalue weighted by atomic mass is 32.2. The molecule has 5 heteroatoms. The first-order valence-corrected chi connectivity index (χ1v) is 13.1. The van der Waals surface area contributed by atoms with E-state index >= 15 is 0 Å². The molecule has 0 bridgehead atoms. The van der Waals surface area contributed by atoms with Gasteiger partial charge in [-0.15, -0.1) is 0 Å². The van der Waals surface area contributed by atoms with Crippen molar-refractivity contribution in [1.82, 2.24) is 4.72 Å². The Hall–Kier alpha value is -1.98. The molecule has 1 saturated carbocycles. The van der Waals surface area contributed by atoms with Gasteiger partial charge in [0.25, 0.3) is 0 Å². The maximum Gasteiger partial charge on any atom is 0.241 e. The number of aryl methyl sites for hydroxylation is 1. The standard InChI is InChI=1S/C26H35NO3S/c1-3-4-5-7-11-21-14-10-15-24(28)25(21)26(22-12-8-6-9-13-22)27-31(29,30)23-18-16-20(2)17-19-23/h6,8-9,12-13,16-19,21,25-27H,3-5,7,10-11,14-15H2,1-2H3/t21-,25+,26+/m1/s1. The van der Waals surface area contributed by atoms with Gasteiger partial charge in [-0.3, -0.25) is 4.79 Å². The van der Waals surface area contributed by atoms with Gasteiger partial charge in [0.1, 0.15) is 5.78 Å². The second-order valence-corrected chi connectivity index (χ2v) is 10.5. The smallest absolute Gasteiger partial charge is 0.241 e. The summed E-state index contributed by atoms with van der Waals surface area (Å²) in [6, 6.07) is 15.9. The maximum atomic E-state index is 13.3. The van der Waals surface area contributed by atoms with Crippen molar-refractivity contribution < 1.29 is 13.2 Å². The van der Waals surface area contributed by atoms with Crippen molar-refractivity contribution in [2.24, 2.45) is 11.8 Å². The molecule has 31 heavy (non-hydrogen) atoms. The van der Waals surface area contributed by atoms with Crippen LogP contribution in [0.15, 0.2) is 59.5 Å². The van der Waals surface area contributed by atoms with Crippen LogP contribution in [0.3, 0.4) is 0 Å². The minimum absolute atomic E-state index is 0.187. The van der Waals surface area contributed by atoms with Gasteiger partial charge >= 0.3 is 0 Å². The van der Waals surface area contributed by atoms with Crippen molar-refractivity contribution in [3.05, 3.63) is 65.7 Å². The molecule has 0 unspecified atom stereocenters. The average molecular weight is 442 g/mol. The number of nitrogens with one attached hydrogen (secondary N) is 1. The maximum absolute atomic E-state index is 13.3. The summed E-state index contributed by atoms with van der Waals surface area (Å²) in [6.07, 6.45) is 8.03. The molecule has 1 N–H and O–H groups in total. The molecule has 0 aromatic heterocycles. The van der Waals surface area contributed by atoms with E-state index in [1.54, 1.807) is 24.3 Å². The van der Waals surface area contributed by atoms with E-state index in [4.69, 9.17) is 0 Å². The van der Waals surface area contributed by atoms with E-state index in [0.717, 1.165) is 36.8 Å². The molecule has 2 aromatic rings. The van der Waals surface area contributed by atoms with E-state index < -0.39 is 16.1 Å². The highest BCUT2D eigenvalue weighted by molar-refractivity contribution is 7.89. The molecular weight excluding hydrogens is 406 g/mol. The molecule has 0 amide bonds. The van der Waals surface area contributed by atoms with E-state index in [-0.39, 0.29) is 22.5 Å². The van der Waals surface area contributed by atoms with Gasteiger partial charge in [-0.05, 0) is 49.8 Å². The third-order valence-corrected chi connectivity index (χ3v) is 7.89. The number of hydrogen-bond acceptors (Lipinski definition) is 3. The summed E-state index contributed by atoms with van der Waals surface area (Å²) in [5.41, 5.74) is 1.87. The van der Waals surface area contributed by atoms with E-state index in [1.807, 2.05) is 37.3 Å². The molecule has 168 valence electrons. The number of Topliss-reactive ketones (excluding diaryl/α,β-unsaturated/α-hetero) is 1. The molecule has 0 heterocycles. The van der Waals surface area contributed by atoms with Crippen molar-refractivity contribution in [3.63, 3.8) is 0 Å². The molecule has 0 spiro atoms. The Morgan fingerprint density at radius 2 is 1.71 bits per heavy atom. The van der Waals surface area contributed by atoms with Gasteiger partial charge < -0.3 is 0 Å². The third-order valence-electron chi connectivity index (χ3n) is 6.44. The van der Waals surface area contributed by atoms with Crippen molar-refractivity contribution in [3.8, 4) is 0 Å². The zero-order valence-corrected chi connectivity index (χ0v) is 19.5. The first kappa shape index (κ1) is 23.7. The normalized spacial score (nSPS) is 20.5. The predicted molar refractivity (Wildman–Crippen MR) is 125 cm³/mol. The SMILES string of the molecule is CCCCCC[C@@H]1CCCC(=O)[C@H]1[C@@H](NS(=O)(=O)c1ccc(C)cc1)c1ccccc1. The highest BCUT2D eigenvalue weighted by Gasteiger charge is 2.40. The number of unbranched alkanes of at least 4 members (excludes halogenated alkanes) is 3. The van der Waals surface area contributed by atoms with E-state index in [2.05, 4.69) is 11.6 Å². The van der Waals surface area contributed by atoms with Crippen LogP contribution in [-0.2, 0) is 14.8 Å². The third kappa shape index (κ3) is 6.27. The second kappa shape index (κ2) is 11.1. The molecule has 3 atom stereocenters. The van der Waals surface area contributed by atoms with Crippen LogP contribution in [0, 0.1) is 18.8 Å². The van der Waals surface area contributed by atoms with Crippen LogP contribution in [0.1, 0.15) is 75.5 Å². The van der Waals surface area contributed by atoms with E-state index in [1.165, 1.54) is 19.3 Å². The number of carbonyl (C=O) groups excluding carboxylic acids is 1. The van der Waals surface area contributed by atoms with Crippen molar-refractivity contribution in [1.29, 1.82) is 0 Å². The zero-order valence-electron chi connectivity index (χ0n) is 18.7. The molecule has 3 rings (SSSR count). The fourth-order valence-electron chi connectivity index (χ4n) is 4.72. The van der Waals surface area contributed by atoms with Crippen molar-refractivity contribution in [2.45, 2.75) is 76.2 Å². The largest absolute Gasteiger partial charge is 0.299 e. The van der Waals surface area contributed by atoms with Crippen LogP contribution in [0.2, 0.25) is 0 Å². The van der Waals surface area contributed by atoms with Gasteiger partial charge in [-0.2, -0.15) is 0 Å². The molecule has 1 aliphatic rings. The summed E-state index contributed by atoms with van der Waals surface area (Å²) in [7, 11) is -3.75. The Bertz CT molecular complexity index is 938. The van der Waals surface area contributed by atoms with Crippen molar-refractivity contribution >= 4 is 15.8 Å². The summed E-state index contributed by atoms with van der Waals surface area (Å²) in [6.45, 7) is 4.12. The lowest BCUT2D eigenvalue weighted by molar-refractivity contribution is -0.128. The molecule has 1 aliphatic carbocycles. The molecule has 2 aromatic carbocycles. The number of hydrogen-bond donors (Lipinski definition) is 1. The number of ketones is 1. The van der Waals surface area contributed by atoms with Gasteiger partial charge in [-0.1, -0.05) is 80.6 Å². The molecule has 0 aliphatic heterocycles. The Morgan fingerprint density at radius 1 is 1.00 bits per heavy atom. The Morgan fingerprint density at radius 3 is 2.39 bits per heavy atom. The molecule has 0 saturated heterocycles. The molecule has 0 radical (unpaired) electrons. The number of carbonyl (C=O) groups is 1. The molecule has 4 nitrogen and oxygen atoms in total. The fourth-order valence-corrected chi connectivity index (χ4v) is 5.97. The minimum atomic E-state index is -3.75. The second-order valence-electron chi connectivity index (χ2n) is 8.82. The number of sulfonamides is 1. The summed E-state index contributed by atoms with van der Waals surface area (Å²) in [4.78, 5) is 13.4. The average Bonchev–Trinajstić information content (AvgIpc) is 2.76. The van der Waals surface area contributed by atoms with E-state index in [0.29, 0.717) is 6.42 Å². The lowest BCUT2D eigenvalue weighted by atomic mass is 9.71. The Kier molecular flexibility index (Phi) is 8.44. The molecular formula is C26H35NO3S. The van der Waals surface area contributed by atoms with Gasteiger partial charge in [0.05, 0.1) is 10.9 Å². The Labute approximate surface area is 187 Å². The van der Waals surface area contributed by atoms with Crippen LogP contribution in [-0.4, -0.2) is 14.2 Å². The summed E-state index contributed by atoms with van der Waals surface area (Å²) < 4.78 is 29.4. The summed E-state index contributed by atoms with van der Waals surface area (Å²) >= 11 is 0. The van der Waals surface area contributed by atoms with Crippen LogP contribution in [0.5, 0.6) is 0 Å². The monoisotopic (exact) mass is 441 g/mol. The summed E-state index contributed by atoms with van der Waals surface area (Å²) in [5, 5.41) is 0. The van der Waals surface area contributed by atoms with Crippen LogP contribution >= 0.6 is 0 Å². The number of rotatable bonds is 10. The highest BCUT2D eigenvalue weighted by Crippen LogP contribution is 2.40. The predicted octanol–water partition coefficient (Wildman–Crippen LogP) is 5.97. The van der Waals surface area contributed by atoms with Crippen molar-refractivity contribution in [2.75, 3.05) is 0 Å². The molecule has 1 fully saturated rings. The Balaban J connectivity index is 1.91. The van der Waals surface area contributed by atoms with Gasteiger partial charge in [0.15, 0.2) is 0 Å².